The zero-order chi connectivity index (χ0) is 14.9. The second-order valence-corrected chi connectivity index (χ2v) is 7.70. The molecule has 2 fully saturated rings. The normalized spacial score (nSPS) is 34.0. The van der Waals surface area contributed by atoms with E-state index >= 15 is 0 Å². The molecule has 2 rings (SSSR count). The van der Waals surface area contributed by atoms with Crippen molar-refractivity contribution in [2.75, 3.05) is 6.61 Å². The van der Waals surface area contributed by atoms with Crippen molar-refractivity contribution >= 4 is 0 Å². The average molecular weight is 295 g/mol. The Morgan fingerprint density at radius 2 is 1.57 bits per heavy atom. The van der Waals surface area contributed by atoms with Crippen LogP contribution in [0.25, 0.3) is 0 Å². The summed E-state index contributed by atoms with van der Waals surface area (Å²) in [5.41, 5.74) is 0. The third-order valence-electron chi connectivity index (χ3n) is 6.04. The van der Waals surface area contributed by atoms with E-state index in [4.69, 9.17) is 4.74 Å². The van der Waals surface area contributed by atoms with Crippen molar-refractivity contribution in [3.63, 3.8) is 0 Å². The molecule has 0 aromatic carbocycles. The van der Waals surface area contributed by atoms with Gasteiger partial charge < -0.3 is 4.74 Å². The lowest BCUT2D eigenvalue weighted by Crippen LogP contribution is -2.30. The van der Waals surface area contributed by atoms with Crippen molar-refractivity contribution in [1.29, 1.82) is 0 Å². The Balaban J connectivity index is 1.67. The molecule has 1 heteroatoms. The summed E-state index contributed by atoms with van der Waals surface area (Å²) < 4.78 is 6.12. The molecule has 0 unspecified atom stereocenters. The minimum Gasteiger partial charge on any atom is -0.378 e. The highest BCUT2D eigenvalue weighted by Crippen LogP contribution is 2.41. The smallest absolute Gasteiger partial charge is 0.0577 e. The molecule has 124 valence electrons. The van der Waals surface area contributed by atoms with Crippen LogP contribution in [0.4, 0.5) is 0 Å². The predicted molar refractivity (Wildman–Crippen MR) is 91.6 cm³/mol. The maximum atomic E-state index is 6.12. The molecule has 2 aliphatic carbocycles. The monoisotopic (exact) mass is 294 g/mol. The van der Waals surface area contributed by atoms with Crippen LogP contribution in [-0.4, -0.2) is 12.7 Å². The molecule has 2 saturated carbocycles. The summed E-state index contributed by atoms with van der Waals surface area (Å²) in [6.07, 6.45) is 19.1. The van der Waals surface area contributed by atoms with Crippen LogP contribution in [0, 0.1) is 17.8 Å². The van der Waals surface area contributed by atoms with Crippen LogP contribution >= 0.6 is 0 Å². The molecule has 0 aromatic rings. The summed E-state index contributed by atoms with van der Waals surface area (Å²) in [4.78, 5) is 0. The van der Waals surface area contributed by atoms with Crippen LogP contribution in [0.2, 0.25) is 0 Å². The van der Waals surface area contributed by atoms with Gasteiger partial charge in [0.1, 0.15) is 0 Å². The Morgan fingerprint density at radius 1 is 0.810 bits per heavy atom. The minimum atomic E-state index is 0.591. The molecular weight excluding hydrogens is 256 g/mol. The van der Waals surface area contributed by atoms with E-state index in [-0.39, 0.29) is 0 Å². The van der Waals surface area contributed by atoms with Gasteiger partial charge in [0.25, 0.3) is 0 Å². The fourth-order valence-corrected chi connectivity index (χ4v) is 4.60. The fraction of sp³-hybridized carbons (Fsp3) is 1.00. The number of hydrogen-bond acceptors (Lipinski definition) is 1. The molecule has 0 amide bonds. The van der Waals surface area contributed by atoms with Crippen LogP contribution < -0.4 is 0 Å². The van der Waals surface area contributed by atoms with Crippen molar-refractivity contribution in [2.24, 2.45) is 17.8 Å². The maximum absolute atomic E-state index is 6.12. The summed E-state index contributed by atoms with van der Waals surface area (Å²) in [5.74, 6) is 3.07. The third kappa shape index (κ3) is 5.93. The summed E-state index contributed by atoms with van der Waals surface area (Å²) in [7, 11) is 0. The van der Waals surface area contributed by atoms with E-state index in [1.165, 1.54) is 83.5 Å². The molecule has 0 aromatic heterocycles. The van der Waals surface area contributed by atoms with Crippen molar-refractivity contribution in [2.45, 2.75) is 103 Å². The lowest BCUT2D eigenvalue weighted by molar-refractivity contribution is -0.00324. The molecular formula is C20H38O. The first-order valence-corrected chi connectivity index (χ1v) is 9.95. The first kappa shape index (κ1) is 17.3. The van der Waals surface area contributed by atoms with E-state index in [0.29, 0.717) is 6.10 Å². The van der Waals surface area contributed by atoms with Gasteiger partial charge in [0.15, 0.2) is 0 Å². The first-order chi connectivity index (χ1) is 10.3. The Morgan fingerprint density at radius 3 is 2.29 bits per heavy atom. The van der Waals surface area contributed by atoms with Crippen molar-refractivity contribution < 1.29 is 4.74 Å². The molecule has 0 aliphatic heterocycles. The van der Waals surface area contributed by atoms with Crippen LogP contribution in [0.5, 0.6) is 0 Å². The van der Waals surface area contributed by atoms with E-state index in [2.05, 4.69) is 13.8 Å². The molecule has 0 heterocycles. The predicted octanol–water partition coefficient (Wildman–Crippen LogP) is 6.36. The van der Waals surface area contributed by atoms with Crippen molar-refractivity contribution in [3.8, 4) is 0 Å². The Hall–Kier alpha value is -0.0400. The summed E-state index contributed by atoms with van der Waals surface area (Å²) in [6.45, 7) is 5.58. The van der Waals surface area contributed by atoms with Crippen molar-refractivity contribution in [1.82, 2.24) is 0 Å². The highest BCUT2D eigenvalue weighted by Gasteiger charge is 2.31. The summed E-state index contributed by atoms with van der Waals surface area (Å²) in [6, 6.07) is 0. The van der Waals surface area contributed by atoms with E-state index in [9.17, 15) is 0 Å². The lowest BCUT2D eigenvalue weighted by atomic mass is 9.70. The molecule has 0 spiro atoms. The second-order valence-electron chi connectivity index (χ2n) is 7.70. The van der Waals surface area contributed by atoms with Gasteiger partial charge in [0.2, 0.25) is 0 Å². The largest absolute Gasteiger partial charge is 0.378 e. The van der Waals surface area contributed by atoms with Gasteiger partial charge in [-0.1, -0.05) is 58.8 Å². The van der Waals surface area contributed by atoms with Gasteiger partial charge in [-0.05, 0) is 56.3 Å². The quantitative estimate of drug-likeness (QED) is 0.473. The first-order valence-electron chi connectivity index (χ1n) is 9.95. The third-order valence-corrected chi connectivity index (χ3v) is 6.04. The number of unbranched alkanes of at least 4 members (excludes halogenated alkanes) is 2. The van der Waals surface area contributed by atoms with Gasteiger partial charge in [0, 0.05) is 6.61 Å². The Labute approximate surface area is 133 Å². The minimum absolute atomic E-state index is 0.591. The summed E-state index contributed by atoms with van der Waals surface area (Å²) >= 11 is 0. The van der Waals surface area contributed by atoms with E-state index in [1.54, 1.807) is 0 Å². The van der Waals surface area contributed by atoms with Gasteiger partial charge >= 0.3 is 0 Å². The standard InChI is InChI=1S/C20H38O/c1-3-5-8-17-11-13-18(14-12-17)19-9-7-10-20(16-19)21-15-6-4-2/h17-20H,3-16H2,1-2H3/t17-,18+,19-,20-/m1/s1. The summed E-state index contributed by atoms with van der Waals surface area (Å²) in [5, 5.41) is 0. The zero-order valence-corrected chi connectivity index (χ0v) is 14.6. The van der Waals surface area contributed by atoms with E-state index in [1.807, 2.05) is 0 Å². The van der Waals surface area contributed by atoms with Gasteiger partial charge in [-0.15, -0.1) is 0 Å². The Kier molecular flexibility index (Phi) is 8.14. The lowest BCUT2D eigenvalue weighted by Gasteiger charge is -2.38. The highest BCUT2D eigenvalue weighted by atomic mass is 16.5. The fourth-order valence-electron chi connectivity index (χ4n) is 4.60. The van der Waals surface area contributed by atoms with E-state index < -0.39 is 0 Å². The molecule has 2 aliphatic rings. The number of rotatable bonds is 8. The average Bonchev–Trinajstić information content (AvgIpc) is 2.54. The van der Waals surface area contributed by atoms with Crippen molar-refractivity contribution in [3.05, 3.63) is 0 Å². The number of ether oxygens (including phenoxy) is 1. The van der Waals surface area contributed by atoms with E-state index in [0.717, 1.165) is 24.4 Å². The van der Waals surface area contributed by atoms with Crippen LogP contribution in [0.15, 0.2) is 0 Å². The molecule has 1 nitrogen and oxygen atoms in total. The molecule has 0 bridgehead atoms. The highest BCUT2D eigenvalue weighted by molar-refractivity contribution is 4.83. The molecule has 2 atom stereocenters. The Bertz CT molecular complexity index is 255. The molecule has 0 N–H and O–H groups in total. The maximum Gasteiger partial charge on any atom is 0.0577 e. The molecule has 21 heavy (non-hydrogen) atoms. The topological polar surface area (TPSA) is 9.23 Å². The van der Waals surface area contributed by atoms with Crippen LogP contribution in [-0.2, 0) is 4.74 Å². The van der Waals surface area contributed by atoms with Gasteiger partial charge in [0.05, 0.1) is 6.10 Å². The SMILES string of the molecule is CCCCO[C@@H]1CCC[C@@H]([C@H]2CC[C@@H](CCCC)CC2)C1. The zero-order valence-electron chi connectivity index (χ0n) is 14.6. The van der Waals surface area contributed by atoms with Gasteiger partial charge in [-0.2, -0.15) is 0 Å². The second kappa shape index (κ2) is 9.87. The molecule has 0 radical (unpaired) electrons. The number of hydrogen-bond donors (Lipinski definition) is 0. The van der Waals surface area contributed by atoms with Crippen LogP contribution in [0.3, 0.4) is 0 Å². The molecule has 0 saturated heterocycles. The van der Waals surface area contributed by atoms with Crippen LogP contribution in [0.1, 0.15) is 97.3 Å². The van der Waals surface area contributed by atoms with Gasteiger partial charge in [-0.25, -0.2) is 0 Å². The van der Waals surface area contributed by atoms with Gasteiger partial charge in [-0.3, -0.25) is 0 Å².